The van der Waals surface area contributed by atoms with Crippen LogP contribution in [0, 0.1) is 11.6 Å². The number of benzene rings is 3. The molecule has 174 valence electrons. The van der Waals surface area contributed by atoms with Gasteiger partial charge in [0.05, 0.1) is 11.1 Å². The zero-order valence-electron chi connectivity index (χ0n) is 17.4. The molecule has 4 aromatic rings. The van der Waals surface area contributed by atoms with E-state index in [0.29, 0.717) is 22.0 Å². The lowest BCUT2D eigenvalue weighted by molar-refractivity contribution is 0.102. The van der Waals surface area contributed by atoms with E-state index in [-0.39, 0.29) is 34.5 Å². The maximum atomic E-state index is 14.5. The fourth-order valence-electron chi connectivity index (χ4n) is 3.22. The Kier molecular flexibility index (Phi) is 6.62. The van der Waals surface area contributed by atoms with E-state index in [1.165, 1.54) is 18.4 Å². The van der Waals surface area contributed by atoms with Gasteiger partial charge >= 0.3 is 0 Å². The van der Waals surface area contributed by atoms with Crippen LogP contribution < -0.4 is 27.2 Å². The number of hydrogen-bond acceptors (Lipinski definition) is 6. The molecular weight excluding hydrogens is 468 g/mol. The summed E-state index contributed by atoms with van der Waals surface area (Å²) in [5.74, 6) is 9.21. The van der Waals surface area contributed by atoms with E-state index in [0.717, 1.165) is 6.07 Å². The molecule has 0 atom stereocenters. The lowest BCUT2D eigenvalue weighted by Crippen LogP contribution is -2.32. The van der Waals surface area contributed by atoms with Gasteiger partial charge in [0.2, 0.25) is 0 Å². The van der Waals surface area contributed by atoms with Gasteiger partial charge in [-0.1, -0.05) is 17.7 Å². The number of nitrogens with two attached hydrogens (primary N) is 2. The fourth-order valence-corrected chi connectivity index (χ4v) is 3.38. The summed E-state index contributed by atoms with van der Waals surface area (Å²) in [4.78, 5) is 12.7. The van der Waals surface area contributed by atoms with Gasteiger partial charge in [0, 0.05) is 21.7 Å². The predicted octanol–water partition coefficient (Wildman–Crippen LogP) is 4.28. The summed E-state index contributed by atoms with van der Waals surface area (Å²) < 4.78 is 39.4. The molecule has 0 saturated heterocycles. The predicted molar refractivity (Wildman–Crippen MR) is 124 cm³/mol. The van der Waals surface area contributed by atoms with Gasteiger partial charge in [-0.2, -0.15) is 5.10 Å². The van der Waals surface area contributed by atoms with Gasteiger partial charge in [-0.05, 0) is 48.5 Å². The van der Waals surface area contributed by atoms with E-state index < -0.39 is 17.5 Å². The third kappa shape index (κ3) is 4.77. The third-order valence-electron chi connectivity index (χ3n) is 4.95. The summed E-state index contributed by atoms with van der Waals surface area (Å²) in [7, 11) is 0. The van der Waals surface area contributed by atoms with E-state index in [2.05, 4.69) is 15.8 Å². The van der Waals surface area contributed by atoms with Crippen molar-refractivity contribution in [1.29, 1.82) is 0 Å². The molecule has 0 bridgehead atoms. The van der Waals surface area contributed by atoms with Crippen LogP contribution in [0.15, 0.2) is 70.4 Å². The molecule has 4 rings (SSSR count). The highest BCUT2D eigenvalue weighted by Crippen LogP contribution is 2.26. The number of amidine groups is 1. The quantitative estimate of drug-likeness (QED) is 0.140. The summed E-state index contributed by atoms with van der Waals surface area (Å²) in [5, 5.41) is 6.64. The maximum Gasteiger partial charge on any atom is 0.259 e. The Morgan fingerprint density at radius 2 is 1.82 bits per heavy atom. The molecule has 34 heavy (non-hydrogen) atoms. The van der Waals surface area contributed by atoms with Gasteiger partial charge < -0.3 is 25.7 Å². The highest BCUT2D eigenvalue weighted by molar-refractivity contribution is 6.30. The molecule has 3 aromatic carbocycles. The first-order valence-corrected chi connectivity index (χ1v) is 10.2. The fraction of sp³-hybridized carbons (Fsp3) is 0.0435. The van der Waals surface area contributed by atoms with Gasteiger partial charge in [0.1, 0.15) is 35.8 Å². The minimum Gasteiger partial charge on any atom is -0.489 e. The van der Waals surface area contributed by atoms with Crippen LogP contribution in [0.1, 0.15) is 21.5 Å². The first-order valence-electron chi connectivity index (χ1n) is 9.83. The first-order chi connectivity index (χ1) is 16.4. The van der Waals surface area contributed by atoms with E-state index in [1.807, 2.05) is 0 Å². The minimum atomic E-state index is -0.691. The second kappa shape index (κ2) is 9.77. The number of carbonyl (C=O) groups excluding carboxylic acids is 1. The van der Waals surface area contributed by atoms with E-state index in [1.54, 1.807) is 36.4 Å². The molecule has 0 unspecified atom stereocenters. The van der Waals surface area contributed by atoms with Crippen molar-refractivity contribution in [3.05, 3.63) is 94.2 Å². The lowest BCUT2D eigenvalue weighted by Gasteiger charge is -2.09. The van der Waals surface area contributed by atoms with Gasteiger partial charge in [0.25, 0.3) is 5.91 Å². The zero-order valence-corrected chi connectivity index (χ0v) is 18.2. The number of hydrazine groups is 1. The number of nitrogens with one attached hydrogen (secondary N) is 2. The summed E-state index contributed by atoms with van der Waals surface area (Å²) >= 11 is 5.75. The monoisotopic (exact) mass is 485 g/mol. The van der Waals surface area contributed by atoms with Crippen LogP contribution in [0.2, 0.25) is 5.02 Å². The van der Waals surface area contributed by atoms with Gasteiger partial charge in [-0.15, -0.1) is 0 Å². The maximum absolute atomic E-state index is 14.5. The summed E-state index contributed by atoms with van der Waals surface area (Å²) in [6.45, 7) is 0.0134. The van der Waals surface area contributed by atoms with Crippen molar-refractivity contribution in [1.82, 2.24) is 5.43 Å². The standard InChI is InChI=1S/C23H18ClF2N5O3/c24-13-2-1-12(19(25)7-13)10-33-15-5-3-14(4-6-15)29-23(32)18-11-34-21-9-17(22(30-27)31-28)20(26)8-16(18)21/h1-9,11H,10,27-28H2,(H,29,32)(H,30,31). The number of hydrazone groups is 1. The number of ether oxygens (including phenoxy) is 1. The molecule has 0 saturated carbocycles. The molecule has 0 aliphatic heterocycles. The molecule has 0 spiro atoms. The molecule has 0 aliphatic carbocycles. The Balaban J connectivity index is 1.46. The zero-order chi connectivity index (χ0) is 24.2. The molecule has 1 aromatic heterocycles. The number of fused-ring (bicyclic) bond motifs is 1. The molecular formula is C23H18ClF2N5O3. The second-order valence-corrected chi connectivity index (χ2v) is 7.54. The number of rotatable bonds is 6. The number of halogens is 3. The Morgan fingerprint density at radius 3 is 2.50 bits per heavy atom. The molecule has 8 nitrogen and oxygen atoms in total. The van der Waals surface area contributed by atoms with Crippen molar-refractivity contribution < 1.29 is 22.7 Å². The number of furan rings is 1. The van der Waals surface area contributed by atoms with Crippen LogP contribution >= 0.6 is 11.6 Å². The van der Waals surface area contributed by atoms with Crippen molar-refractivity contribution in [3.63, 3.8) is 0 Å². The molecule has 1 amide bonds. The molecule has 0 radical (unpaired) electrons. The number of anilines is 1. The highest BCUT2D eigenvalue weighted by Gasteiger charge is 2.19. The van der Waals surface area contributed by atoms with Crippen LogP contribution in [0.25, 0.3) is 11.0 Å². The average Bonchev–Trinajstić information content (AvgIpc) is 3.23. The van der Waals surface area contributed by atoms with Crippen molar-refractivity contribution in [2.24, 2.45) is 16.8 Å². The van der Waals surface area contributed by atoms with Crippen molar-refractivity contribution >= 4 is 40.0 Å². The van der Waals surface area contributed by atoms with Gasteiger partial charge in [-0.3, -0.25) is 4.79 Å². The van der Waals surface area contributed by atoms with Crippen molar-refractivity contribution in [2.45, 2.75) is 6.61 Å². The average molecular weight is 486 g/mol. The van der Waals surface area contributed by atoms with Crippen LogP contribution in [0.5, 0.6) is 5.75 Å². The largest absolute Gasteiger partial charge is 0.489 e. The van der Waals surface area contributed by atoms with E-state index in [4.69, 9.17) is 32.4 Å². The highest BCUT2D eigenvalue weighted by atomic mass is 35.5. The summed E-state index contributed by atoms with van der Waals surface area (Å²) in [5.41, 5.74) is 3.39. The smallest absolute Gasteiger partial charge is 0.259 e. The Morgan fingerprint density at radius 1 is 1.06 bits per heavy atom. The molecule has 0 aliphatic rings. The minimum absolute atomic E-state index is 0.00659. The van der Waals surface area contributed by atoms with Crippen molar-refractivity contribution in [3.8, 4) is 5.75 Å². The van der Waals surface area contributed by atoms with E-state index in [9.17, 15) is 13.6 Å². The number of carbonyl (C=O) groups is 1. The second-order valence-electron chi connectivity index (χ2n) is 7.10. The molecule has 1 heterocycles. The van der Waals surface area contributed by atoms with Crippen LogP contribution in [0.3, 0.4) is 0 Å². The van der Waals surface area contributed by atoms with Crippen LogP contribution in [-0.4, -0.2) is 11.7 Å². The van der Waals surface area contributed by atoms with Gasteiger partial charge in [0.15, 0.2) is 5.84 Å². The number of amides is 1. The summed E-state index contributed by atoms with van der Waals surface area (Å²) in [6.07, 6.45) is 1.22. The van der Waals surface area contributed by atoms with E-state index >= 15 is 0 Å². The lowest BCUT2D eigenvalue weighted by atomic mass is 10.1. The number of nitrogens with zero attached hydrogens (tertiary/aromatic N) is 1. The van der Waals surface area contributed by atoms with Crippen LogP contribution in [-0.2, 0) is 6.61 Å². The van der Waals surface area contributed by atoms with Crippen LogP contribution in [0.4, 0.5) is 14.5 Å². The Hall–Kier alpha value is -4.15. The molecule has 0 fully saturated rings. The number of hydrogen-bond donors (Lipinski definition) is 4. The van der Waals surface area contributed by atoms with Crippen molar-refractivity contribution in [2.75, 3.05) is 5.32 Å². The Labute approximate surface area is 197 Å². The normalized spacial score (nSPS) is 11.5. The third-order valence-corrected chi connectivity index (χ3v) is 5.19. The summed E-state index contributed by atoms with van der Waals surface area (Å²) in [6, 6.07) is 13.3. The first kappa shape index (κ1) is 23.0. The molecule has 11 heteroatoms. The van der Waals surface area contributed by atoms with Gasteiger partial charge in [-0.25, -0.2) is 14.6 Å². The molecule has 6 N–H and O–H groups in total. The Bertz CT molecular complexity index is 1390. The topological polar surface area (TPSA) is 128 Å². The SMILES string of the molecule is NN=C(NN)c1cc2occ(C(=O)Nc3ccc(OCc4ccc(Cl)cc4F)cc3)c2cc1F.